The molecule has 3 heterocycles. The van der Waals surface area contributed by atoms with E-state index in [9.17, 15) is 13.2 Å². The Labute approximate surface area is 192 Å². The van der Waals surface area contributed by atoms with E-state index < -0.39 is 16.0 Å². The topological polar surface area (TPSA) is 66.9 Å². The van der Waals surface area contributed by atoms with Crippen molar-refractivity contribution in [1.29, 1.82) is 0 Å². The molecule has 0 amide bonds. The number of benzene rings is 1. The lowest BCUT2D eigenvalue weighted by atomic mass is 10.0. The lowest BCUT2D eigenvalue weighted by Gasteiger charge is -2.27. The number of hydrogen-bond donors (Lipinski definition) is 0. The summed E-state index contributed by atoms with van der Waals surface area (Å²) >= 11 is 3.00. The van der Waals surface area contributed by atoms with Gasteiger partial charge in [-0.25, -0.2) is 13.2 Å². The highest BCUT2D eigenvalue weighted by atomic mass is 32.2. The number of thiophene rings is 1. The van der Waals surface area contributed by atoms with Crippen LogP contribution in [0.3, 0.4) is 0 Å². The third-order valence-electron chi connectivity index (χ3n) is 6.01. The minimum absolute atomic E-state index is 0.157. The Morgan fingerprint density at radius 3 is 2.55 bits per heavy atom. The van der Waals surface area contributed by atoms with Gasteiger partial charge >= 0.3 is 5.97 Å². The first-order valence-electron chi connectivity index (χ1n) is 10.4. The summed E-state index contributed by atoms with van der Waals surface area (Å²) in [6.07, 6.45) is 0.645. The molecule has 6 nitrogen and oxygen atoms in total. The number of aryl methyl sites for hydroxylation is 2. The summed E-state index contributed by atoms with van der Waals surface area (Å²) in [7, 11) is -2.39. The fourth-order valence-electron chi connectivity index (χ4n) is 4.12. The number of sulfonamides is 1. The third kappa shape index (κ3) is 4.57. The van der Waals surface area contributed by atoms with Crippen LogP contribution in [-0.2, 0) is 34.3 Å². The first-order chi connectivity index (χ1) is 14.8. The van der Waals surface area contributed by atoms with Gasteiger partial charge in [-0.3, -0.25) is 4.90 Å². The molecule has 9 heteroatoms. The largest absolute Gasteiger partial charge is 0.465 e. The van der Waals surface area contributed by atoms with Crippen molar-refractivity contribution in [2.45, 2.75) is 37.6 Å². The number of hydrogen-bond acceptors (Lipinski definition) is 7. The van der Waals surface area contributed by atoms with Crippen molar-refractivity contribution in [3.8, 4) is 0 Å². The molecule has 2 aliphatic heterocycles. The summed E-state index contributed by atoms with van der Waals surface area (Å²) in [5.41, 5.74) is 4.89. The van der Waals surface area contributed by atoms with E-state index in [1.807, 2.05) is 0 Å². The van der Waals surface area contributed by atoms with Crippen LogP contribution in [0.15, 0.2) is 22.4 Å². The Morgan fingerprint density at radius 2 is 1.87 bits per heavy atom. The first kappa shape index (κ1) is 22.8. The van der Waals surface area contributed by atoms with Crippen LogP contribution in [-0.4, -0.2) is 61.8 Å². The smallest absolute Gasteiger partial charge is 0.340 e. The van der Waals surface area contributed by atoms with E-state index in [4.69, 9.17) is 4.74 Å². The van der Waals surface area contributed by atoms with E-state index in [1.165, 1.54) is 39.4 Å². The Hall–Kier alpha value is -1.39. The second kappa shape index (κ2) is 9.23. The van der Waals surface area contributed by atoms with Crippen LogP contribution in [0.2, 0.25) is 0 Å². The molecule has 1 fully saturated rings. The minimum Gasteiger partial charge on any atom is -0.465 e. The molecular weight excluding hydrogens is 452 g/mol. The molecule has 1 saturated heterocycles. The lowest BCUT2D eigenvalue weighted by Crippen LogP contribution is -2.38. The zero-order valence-corrected chi connectivity index (χ0v) is 20.6. The maximum atomic E-state index is 13.4. The van der Waals surface area contributed by atoms with Gasteiger partial charge in [0.15, 0.2) is 0 Å². The zero-order chi connectivity index (χ0) is 22.2. The van der Waals surface area contributed by atoms with Crippen LogP contribution < -0.4 is 0 Å². The van der Waals surface area contributed by atoms with Crippen LogP contribution in [0.25, 0.3) is 0 Å². The zero-order valence-electron chi connectivity index (χ0n) is 18.1. The highest BCUT2D eigenvalue weighted by Crippen LogP contribution is 2.38. The van der Waals surface area contributed by atoms with Gasteiger partial charge in [-0.05, 0) is 42.5 Å². The highest BCUT2D eigenvalue weighted by molar-refractivity contribution is 7.99. The summed E-state index contributed by atoms with van der Waals surface area (Å²) in [6, 6.07) is 6.50. The van der Waals surface area contributed by atoms with Crippen molar-refractivity contribution in [3.05, 3.63) is 50.9 Å². The van der Waals surface area contributed by atoms with E-state index in [2.05, 4.69) is 36.9 Å². The summed E-state index contributed by atoms with van der Waals surface area (Å²) in [6.45, 7) is 7.41. The number of thioether (sulfide) groups is 1. The summed E-state index contributed by atoms with van der Waals surface area (Å²) in [4.78, 5) is 15.9. The maximum Gasteiger partial charge on any atom is 0.340 e. The number of rotatable bonds is 5. The lowest BCUT2D eigenvalue weighted by molar-refractivity contribution is 0.0595. The normalized spacial score (nSPS) is 18.0. The van der Waals surface area contributed by atoms with Gasteiger partial charge in [-0.15, -0.1) is 11.3 Å². The molecule has 0 bridgehead atoms. The van der Waals surface area contributed by atoms with Gasteiger partial charge in [0, 0.05) is 49.1 Å². The minimum atomic E-state index is -3.71. The molecule has 2 aliphatic rings. The highest BCUT2D eigenvalue weighted by Gasteiger charge is 2.37. The number of nitrogens with zero attached hydrogens (tertiary/aromatic N) is 2. The van der Waals surface area contributed by atoms with Crippen molar-refractivity contribution >= 4 is 39.1 Å². The summed E-state index contributed by atoms with van der Waals surface area (Å²) in [5, 5.41) is 0. The van der Waals surface area contributed by atoms with Gasteiger partial charge in [0.1, 0.15) is 4.21 Å². The Balaban J connectivity index is 1.64. The van der Waals surface area contributed by atoms with Crippen LogP contribution >= 0.6 is 23.1 Å². The van der Waals surface area contributed by atoms with E-state index in [1.54, 1.807) is 11.8 Å². The Morgan fingerprint density at radius 1 is 1.13 bits per heavy atom. The predicted molar refractivity (Wildman–Crippen MR) is 125 cm³/mol. The molecule has 1 aromatic carbocycles. The number of esters is 1. The number of carbonyl (C=O) groups is 1. The molecule has 0 radical (unpaired) electrons. The fraction of sp³-hybridized carbons (Fsp3) is 0.500. The summed E-state index contributed by atoms with van der Waals surface area (Å²) in [5.74, 6) is 1.01. The molecule has 0 atom stereocenters. The number of carbonyl (C=O) groups excluding carboxylic acids is 1. The number of methoxy groups -OCH3 is 1. The third-order valence-corrected chi connectivity index (χ3v) is 10.6. The van der Waals surface area contributed by atoms with Crippen molar-refractivity contribution in [2.75, 3.05) is 38.2 Å². The van der Waals surface area contributed by atoms with Gasteiger partial charge in [0.05, 0.1) is 12.7 Å². The molecular formula is C22H28N2O4S3. The standard InChI is InChI=1S/C22H28N2O4S3/c1-15-4-5-17(12-16(15)2)13-23-7-6-18-19(14-23)30-22(20(18)21(25)28-3)31(26,27)24-8-10-29-11-9-24/h4-5,12H,6-11,13-14H2,1-3H3. The van der Waals surface area contributed by atoms with Gasteiger partial charge in [0.2, 0.25) is 0 Å². The van der Waals surface area contributed by atoms with E-state index in [-0.39, 0.29) is 9.77 Å². The number of ether oxygens (including phenoxy) is 1. The Bertz CT molecular complexity index is 1090. The Kier molecular flexibility index (Phi) is 6.79. The SMILES string of the molecule is COC(=O)c1c(S(=O)(=O)N2CCSCC2)sc2c1CCN(Cc1ccc(C)c(C)c1)C2. The van der Waals surface area contributed by atoms with Crippen molar-refractivity contribution in [3.63, 3.8) is 0 Å². The van der Waals surface area contributed by atoms with Crippen LogP contribution in [0.4, 0.5) is 0 Å². The molecule has 0 spiro atoms. The molecule has 0 aliphatic carbocycles. The molecule has 31 heavy (non-hydrogen) atoms. The van der Waals surface area contributed by atoms with Crippen molar-refractivity contribution in [2.24, 2.45) is 0 Å². The average Bonchev–Trinajstić information content (AvgIpc) is 3.16. The monoisotopic (exact) mass is 480 g/mol. The van der Waals surface area contributed by atoms with E-state index in [0.29, 0.717) is 26.1 Å². The molecule has 2 aromatic rings. The predicted octanol–water partition coefficient (Wildman–Crippen LogP) is 3.45. The van der Waals surface area contributed by atoms with E-state index >= 15 is 0 Å². The molecule has 0 unspecified atom stereocenters. The van der Waals surface area contributed by atoms with Crippen molar-refractivity contribution < 1.29 is 17.9 Å². The maximum absolute atomic E-state index is 13.4. The quantitative estimate of drug-likeness (QED) is 0.611. The molecule has 0 N–H and O–H groups in total. The van der Waals surface area contributed by atoms with Gasteiger partial charge in [-0.2, -0.15) is 16.1 Å². The fourth-order valence-corrected chi connectivity index (χ4v) is 8.76. The van der Waals surface area contributed by atoms with Gasteiger partial charge in [-0.1, -0.05) is 18.2 Å². The summed E-state index contributed by atoms with van der Waals surface area (Å²) < 4.78 is 33.5. The molecule has 168 valence electrons. The van der Waals surface area contributed by atoms with Crippen LogP contribution in [0.5, 0.6) is 0 Å². The molecule has 4 rings (SSSR count). The van der Waals surface area contributed by atoms with Crippen LogP contribution in [0.1, 0.15) is 37.5 Å². The van der Waals surface area contributed by atoms with E-state index in [0.717, 1.165) is 35.0 Å². The second-order valence-corrected chi connectivity index (χ2v) is 12.5. The van der Waals surface area contributed by atoms with Crippen LogP contribution in [0, 0.1) is 13.8 Å². The van der Waals surface area contributed by atoms with Gasteiger partial charge in [0.25, 0.3) is 10.0 Å². The molecule has 1 aromatic heterocycles. The number of fused-ring (bicyclic) bond motifs is 1. The first-order valence-corrected chi connectivity index (χ1v) is 13.8. The molecule has 0 saturated carbocycles. The van der Waals surface area contributed by atoms with Crippen molar-refractivity contribution in [1.82, 2.24) is 9.21 Å². The second-order valence-electron chi connectivity index (χ2n) is 8.05. The average molecular weight is 481 g/mol. The van der Waals surface area contributed by atoms with Gasteiger partial charge < -0.3 is 4.74 Å².